The lowest BCUT2D eigenvalue weighted by Gasteiger charge is -2.37. The third-order valence-corrected chi connectivity index (χ3v) is 4.28. The lowest BCUT2D eigenvalue weighted by Crippen LogP contribution is -2.61. The third-order valence-electron chi connectivity index (χ3n) is 4.28. The average molecular weight is 358 g/mol. The predicted octanol–water partition coefficient (Wildman–Crippen LogP) is -0.327. The second-order valence-corrected chi connectivity index (χ2v) is 5.91. The minimum Gasteiger partial charge on any atom is -0.469 e. The lowest BCUT2D eigenvalue weighted by molar-refractivity contribution is -0.153. The molecule has 0 heterocycles. The average Bonchev–Trinajstić information content (AvgIpc) is 2.64. The van der Waals surface area contributed by atoms with E-state index in [2.05, 4.69) is 20.1 Å². The van der Waals surface area contributed by atoms with Crippen LogP contribution in [0.1, 0.15) is 38.5 Å². The molecule has 0 spiro atoms. The summed E-state index contributed by atoms with van der Waals surface area (Å²) in [4.78, 5) is 47.6. The Balaban J connectivity index is 2.92. The molecule has 0 saturated heterocycles. The van der Waals surface area contributed by atoms with Crippen LogP contribution in [0.5, 0.6) is 0 Å². The molecule has 0 aromatic heterocycles. The van der Waals surface area contributed by atoms with Gasteiger partial charge in [-0.15, -0.1) is 0 Å². The first-order valence-corrected chi connectivity index (χ1v) is 8.16. The van der Waals surface area contributed by atoms with Crippen molar-refractivity contribution in [3.8, 4) is 0 Å². The first-order valence-electron chi connectivity index (χ1n) is 8.16. The second kappa shape index (κ2) is 9.97. The number of carbonyl (C=O) groups is 4. The van der Waals surface area contributed by atoms with E-state index in [-0.39, 0.29) is 13.0 Å². The molecular formula is C16H26N2O7. The van der Waals surface area contributed by atoms with Crippen LogP contribution in [0.3, 0.4) is 0 Å². The summed E-state index contributed by atoms with van der Waals surface area (Å²) in [5.74, 6) is -2.29. The molecule has 2 N–H and O–H groups in total. The second-order valence-electron chi connectivity index (χ2n) is 5.91. The number of esters is 3. The Bertz CT molecular complexity index is 501. The van der Waals surface area contributed by atoms with E-state index in [9.17, 15) is 19.2 Å². The molecule has 142 valence electrons. The van der Waals surface area contributed by atoms with E-state index in [0.29, 0.717) is 12.8 Å². The zero-order valence-electron chi connectivity index (χ0n) is 14.9. The van der Waals surface area contributed by atoms with Crippen molar-refractivity contribution >= 4 is 23.8 Å². The predicted molar refractivity (Wildman–Crippen MR) is 86.4 cm³/mol. The molecule has 0 aliphatic heterocycles. The number of methoxy groups -OCH3 is 3. The quantitative estimate of drug-likeness (QED) is 0.447. The number of ether oxygens (including phenoxy) is 3. The van der Waals surface area contributed by atoms with Gasteiger partial charge in [-0.2, -0.15) is 0 Å². The highest BCUT2D eigenvalue weighted by Crippen LogP contribution is 2.30. The molecule has 1 fully saturated rings. The van der Waals surface area contributed by atoms with Gasteiger partial charge in [-0.05, 0) is 12.8 Å². The number of hydrogen-bond donors (Lipinski definition) is 2. The number of nitrogens with one attached hydrogen (secondary N) is 2. The Morgan fingerprint density at radius 3 is 2.04 bits per heavy atom. The molecule has 9 heteroatoms. The summed E-state index contributed by atoms with van der Waals surface area (Å²) in [6, 6.07) is -1.03. The minimum atomic E-state index is -1.03. The van der Waals surface area contributed by atoms with Crippen LogP contribution in [0.4, 0.5) is 0 Å². The fraction of sp³-hybridized carbons (Fsp3) is 0.750. The van der Waals surface area contributed by atoms with Crippen molar-refractivity contribution in [2.45, 2.75) is 50.1 Å². The van der Waals surface area contributed by atoms with Gasteiger partial charge in [0.1, 0.15) is 12.1 Å². The van der Waals surface area contributed by atoms with Crippen LogP contribution in [-0.2, 0) is 33.4 Å². The fourth-order valence-electron chi connectivity index (χ4n) is 2.91. The van der Waals surface area contributed by atoms with Crippen LogP contribution >= 0.6 is 0 Å². The smallest absolute Gasteiger partial charge is 0.326 e. The third kappa shape index (κ3) is 6.00. The highest BCUT2D eigenvalue weighted by molar-refractivity contribution is 5.90. The molecule has 1 rings (SSSR count). The van der Waals surface area contributed by atoms with Gasteiger partial charge in [0.15, 0.2) is 0 Å². The molecule has 25 heavy (non-hydrogen) atoms. The van der Waals surface area contributed by atoms with E-state index >= 15 is 0 Å². The summed E-state index contributed by atoms with van der Waals surface area (Å²) >= 11 is 0. The Labute approximate surface area is 146 Å². The molecule has 1 amide bonds. The van der Waals surface area contributed by atoms with Gasteiger partial charge in [0.2, 0.25) is 5.91 Å². The van der Waals surface area contributed by atoms with Crippen LogP contribution in [0.15, 0.2) is 0 Å². The Kier molecular flexibility index (Phi) is 8.33. The molecule has 9 nitrogen and oxygen atoms in total. The topological polar surface area (TPSA) is 120 Å². The zero-order valence-corrected chi connectivity index (χ0v) is 14.9. The van der Waals surface area contributed by atoms with Gasteiger partial charge >= 0.3 is 17.9 Å². The molecule has 0 aromatic rings. The monoisotopic (exact) mass is 358 g/mol. The molecule has 1 saturated carbocycles. The van der Waals surface area contributed by atoms with Gasteiger partial charge in [-0.3, -0.25) is 24.5 Å². The van der Waals surface area contributed by atoms with Gasteiger partial charge in [0.25, 0.3) is 0 Å². The van der Waals surface area contributed by atoms with Crippen molar-refractivity contribution in [3.63, 3.8) is 0 Å². The summed E-state index contributed by atoms with van der Waals surface area (Å²) in [5, 5.41) is 5.38. The van der Waals surface area contributed by atoms with Crippen molar-refractivity contribution in [2.75, 3.05) is 27.9 Å². The normalized spacial score (nSPS) is 17.1. The maximum absolute atomic E-state index is 12.4. The molecule has 0 radical (unpaired) electrons. The SMILES string of the molecule is COC(=O)CNC(=O)[C@H](CC(=O)OC)NC1(C(=O)OC)CCCCC1. The van der Waals surface area contributed by atoms with Crippen LogP contribution in [0, 0.1) is 0 Å². The molecule has 1 aliphatic rings. The summed E-state index contributed by atoms with van der Waals surface area (Å²) < 4.78 is 14.0. The van der Waals surface area contributed by atoms with Crippen molar-refractivity contribution in [1.29, 1.82) is 0 Å². The Morgan fingerprint density at radius 1 is 0.920 bits per heavy atom. The minimum absolute atomic E-state index is 0.276. The first-order chi connectivity index (χ1) is 11.9. The highest BCUT2D eigenvalue weighted by atomic mass is 16.5. The van der Waals surface area contributed by atoms with Crippen LogP contribution in [-0.4, -0.2) is 63.3 Å². The summed E-state index contributed by atoms with van der Waals surface area (Å²) in [6.07, 6.45) is 3.32. The van der Waals surface area contributed by atoms with Gasteiger partial charge in [-0.1, -0.05) is 19.3 Å². The molecule has 1 aliphatic carbocycles. The molecule has 0 bridgehead atoms. The van der Waals surface area contributed by atoms with Crippen molar-refractivity contribution in [3.05, 3.63) is 0 Å². The Morgan fingerprint density at radius 2 is 1.52 bits per heavy atom. The lowest BCUT2D eigenvalue weighted by atomic mass is 9.80. The van der Waals surface area contributed by atoms with E-state index in [1.165, 1.54) is 21.3 Å². The maximum Gasteiger partial charge on any atom is 0.326 e. The van der Waals surface area contributed by atoms with E-state index < -0.39 is 35.4 Å². The highest BCUT2D eigenvalue weighted by Gasteiger charge is 2.43. The Hall–Kier alpha value is -2.16. The summed E-state index contributed by atoms with van der Waals surface area (Å²) in [5.41, 5.74) is -1.03. The molecule has 1 atom stereocenters. The number of rotatable bonds is 8. The molecular weight excluding hydrogens is 332 g/mol. The zero-order chi connectivity index (χ0) is 18.9. The van der Waals surface area contributed by atoms with Gasteiger partial charge < -0.3 is 19.5 Å². The standard InChI is InChI=1S/C16H26N2O7/c1-23-12(19)9-11(14(21)17-10-13(20)24-2)18-16(15(22)25-3)7-5-4-6-8-16/h11,18H,4-10H2,1-3H3,(H,17,21)/t11-/m0/s1. The molecule has 0 aromatic carbocycles. The number of carbonyl (C=O) groups excluding carboxylic acids is 4. The van der Waals surface area contributed by atoms with E-state index in [1.807, 2.05) is 0 Å². The van der Waals surface area contributed by atoms with E-state index in [0.717, 1.165) is 19.3 Å². The summed E-state index contributed by atoms with van der Waals surface area (Å²) in [7, 11) is 3.70. The number of amides is 1. The van der Waals surface area contributed by atoms with Gasteiger partial charge in [-0.25, -0.2) is 0 Å². The van der Waals surface area contributed by atoms with Crippen LogP contribution in [0.2, 0.25) is 0 Å². The van der Waals surface area contributed by atoms with Crippen molar-refractivity contribution < 1.29 is 33.4 Å². The van der Waals surface area contributed by atoms with E-state index in [1.54, 1.807) is 0 Å². The summed E-state index contributed by atoms with van der Waals surface area (Å²) in [6.45, 7) is -0.333. The van der Waals surface area contributed by atoms with Crippen LogP contribution in [0.25, 0.3) is 0 Å². The van der Waals surface area contributed by atoms with Gasteiger partial charge in [0, 0.05) is 0 Å². The maximum atomic E-state index is 12.4. The van der Waals surface area contributed by atoms with Crippen molar-refractivity contribution in [1.82, 2.24) is 10.6 Å². The fourth-order valence-corrected chi connectivity index (χ4v) is 2.91. The molecule has 0 unspecified atom stereocenters. The van der Waals surface area contributed by atoms with Crippen molar-refractivity contribution in [2.24, 2.45) is 0 Å². The van der Waals surface area contributed by atoms with Crippen LogP contribution < -0.4 is 10.6 Å². The largest absolute Gasteiger partial charge is 0.469 e. The number of hydrogen-bond acceptors (Lipinski definition) is 8. The first kappa shape index (κ1) is 20.9. The van der Waals surface area contributed by atoms with E-state index in [4.69, 9.17) is 4.74 Å². The van der Waals surface area contributed by atoms with Gasteiger partial charge in [0.05, 0.1) is 33.8 Å².